The number of carbonyl (C=O) groups is 6. The Morgan fingerprint density at radius 1 is 0.833 bits per heavy atom. The van der Waals surface area contributed by atoms with Crippen LogP contribution in [0.4, 0.5) is 0 Å². The summed E-state index contributed by atoms with van der Waals surface area (Å²) in [5.74, 6) is -3.85. The third-order valence-corrected chi connectivity index (χ3v) is 9.35. The van der Waals surface area contributed by atoms with Crippen molar-refractivity contribution in [2.45, 2.75) is 104 Å². The number of cyclic esters (lactones) is 1. The van der Waals surface area contributed by atoms with Crippen molar-refractivity contribution in [3.8, 4) is 0 Å². The van der Waals surface area contributed by atoms with Gasteiger partial charge >= 0.3 is 5.97 Å². The van der Waals surface area contributed by atoms with E-state index in [-0.39, 0.29) is 55.4 Å². The zero-order valence-electron chi connectivity index (χ0n) is 30.0. The fourth-order valence-corrected chi connectivity index (χ4v) is 6.83. The molecule has 0 radical (unpaired) electrons. The molecule has 2 N–H and O–H groups in total. The Balaban J connectivity index is 2.07. The number of rotatable bonds is 6. The molecule has 0 aromatic heterocycles. The molecule has 6 atom stereocenters. The van der Waals surface area contributed by atoms with Crippen LogP contribution < -0.4 is 10.6 Å². The van der Waals surface area contributed by atoms with Gasteiger partial charge < -0.3 is 30.1 Å². The van der Waals surface area contributed by atoms with Gasteiger partial charge in [0.25, 0.3) is 5.91 Å². The van der Waals surface area contributed by atoms with Crippen molar-refractivity contribution in [2.75, 3.05) is 27.2 Å². The summed E-state index contributed by atoms with van der Waals surface area (Å²) in [7, 11) is 3.05. The molecule has 3 rings (SSSR count). The molecule has 5 amide bonds. The normalized spacial score (nSPS) is 27.5. The molecular formula is C36H55N5O7. The van der Waals surface area contributed by atoms with E-state index in [1.165, 1.54) is 28.8 Å². The maximum atomic E-state index is 14.2. The summed E-state index contributed by atoms with van der Waals surface area (Å²) >= 11 is 0. The van der Waals surface area contributed by atoms with Crippen molar-refractivity contribution < 1.29 is 33.5 Å². The Hall–Kier alpha value is -3.96. The highest BCUT2D eigenvalue weighted by Gasteiger charge is 2.44. The van der Waals surface area contributed by atoms with Gasteiger partial charge in [0.05, 0.1) is 0 Å². The lowest BCUT2D eigenvalue weighted by atomic mass is 9.95. The highest BCUT2D eigenvalue weighted by atomic mass is 16.6. The lowest BCUT2D eigenvalue weighted by molar-refractivity contribution is -0.169. The zero-order valence-corrected chi connectivity index (χ0v) is 30.0. The minimum Gasteiger partial charge on any atom is -0.451 e. The topological polar surface area (TPSA) is 145 Å². The molecular weight excluding hydrogens is 614 g/mol. The van der Waals surface area contributed by atoms with Crippen molar-refractivity contribution >= 4 is 35.5 Å². The number of esters is 1. The van der Waals surface area contributed by atoms with Crippen molar-refractivity contribution in [1.29, 1.82) is 0 Å². The quantitative estimate of drug-likeness (QED) is 0.443. The second kappa shape index (κ2) is 16.9. The van der Waals surface area contributed by atoms with E-state index in [2.05, 4.69) is 10.6 Å². The number of fused-ring (bicyclic) bond motifs is 1. The molecule has 2 heterocycles. The number of likely N-dealkylation sites (N-methyl/N-ethyl adjacent to an activating group) is 2. The first-order valence-corrected chi connectivity index (χ1v) is 17.2. The van der Waals surface area contributed by atoms with E-state index in [9.17, 15) is 28.8 Å². The minimum absolute atomic E-state index is 0.00715. The molecule has 1 aromatic rings. The van der Waals surface area contributed by atoms with Gasteiger partial charge in [0.15, 0.2) is 6.10 Å². The molecule has 2 saturated heterocycles. The number of nitrogens with one attached hydrogen (secondary N) is 2. The van der Waals surface area contributed by atoms with Crippen LogP contribution in [0.2, 0.25) is 0 Å². The third-order valence-electron chi connectivity index (χ3n) is 9.35. The van der Waals surface area contributed by atoms with Gasteiger partial charge in [-0.05, 0) is 42.1 Å². The lowest BCUT2D eigenvalue weighted by Crippen LogP contribution is -2.60. The SMILES string of the molecule is CC(C)C[C@H]1OC(=O)[C@@H]2[C@@H](C)CCN2C(=O)CCNC(=O)[C@@H](Cc2ccccc2)NC(=O)[C@@H](C(C)C)N(C)C(=O)[C@@H](C(C)C)N(C)C1=O. The first-order chi connectivity index (χ1) is 22.5. The van der Waals surface area contributed by atoms with Gasteiger partial charge in [0.2, 0.25) is 23.6 Å². The van der Waals surface area contributed by atoms with E-state index in [4.69, 9.17) is 4.74 Å². The molecule has 0 spiro atoms. The highest BCUT2D eigenvalue weighted by molar-refractivity contribution is 5.95. The van der Waals surface area contributed by atoms with Crippen molar-refractivity contribution in [1.82, 2.24) is 25.3 Å². The van der Waals surface area contributed by atoms with Crippen molar-refractivity contribution in [2.24, 2.45) is 23.7 Å². The number of hydrogen-bond acceptors (Lipinski definition) is 7. The molecule has 1 aromatic carbocycles. The van der Waals surface area contributed by atoms with Gasteiger partial charge in [-0.25, -0.2) is 4.79 Å². The van der Waals surface area contributed by atoms with Gasteiger partial charge in [-0.1, -0.05) is 78.8 Å². The van der Waals surface area contributed by atoms with Gasteiger partial charge in [0, 0.05) is 40.0 Å². The van der Waals surface area contributed by atoms with Crippen molar-refractivity contribution in [3.05, 3.63) is 35.9 Å². The maximum absolute atomic E-state index is 14.2. The molecule has 0 saturated carbocycles. The fourth-order valence-electron chi connectivity index (χ4n) is 6.83. The van der Waals surface area contributed by atoms with Crippen molar-refractivity contribution in [3.63, 3.8) is 0 Å². The number of nitrogens with zero attached hydrogens (tertiary/aromatic N) is 3. The van der Waals surface area contributed by atoms with Crippen LogP contribution in [0.15, 0.2) is 30.3 Å². The standard InChI is InChI=1S/C36H55N5O7/c1-21(2)19-27-34(45)40(9)30(23(5)6)35(46)39(8)29(22(3)4)33(44)38-26(20-25-13-11-10-12-14-25)32(43)37-17-15-28(42)41-18-16-24(7)31(41)36(47)48-27/h10-14,21-24,26-27,29-31H,15-20H2,1-9H3,(H,37,43)(H,38,44)/t24-,26+,27+,29+,30+,31-/m0/s1. The first kappa shape index (κ1) is 38.5. The number of amides is 5. The third kappa shape index (κ3) is 9.35. The van der Waals surface area contributed by atoms with E-state index >= 15 is 0 Å². The van der Waals surface area contributed by atoms with E-state index in [0.29, 0.717) is 13.0 Å². The van der Waals surface area contributed by atoms with E-state index in [1.807, 2.05) is 78.8 Å². The van der Waals surface area contributed by atoms with Gasteiger partial charge in [-0.2, -0.15) is 0 Å². The Labute approximate surface area is 285 Å². The average molecular weight is 670 g/mol. The van der Waals surface area contributed by atoms with Crippen LogP contribution in [0.25, 0.3) is 0 Å². The van der Waals surface area contributed by atoms with Crippen LogP contribution in [-0.4, -0.2) is 108 Å². The Kier molecular flexibility index (Phi) is 13.6. The van der Waals surface area contributed by atoms with Gasteiger partial charge in [0.1, 0.15) is 24.2 Å². The summed E-state index contributed by atoms with van der Waals surface area (Å²) in [6, 6.07) is 5.44. The molecule has 2 aliphatic rings. The maximum Gasteiger partial charge on any atom is 0.329 e. The van der Waals surface area contributed by atoms with Crippen LogP contribution in [-0.2, 0) is 39.9 Å². The van der Waals surface area contributed by atoms with Crippen LogP contribution in [0.1, 0.15) is 73.3 Å². The zero-order chi connectivity index (χ0) is 35.9. The number of carbonyl (C=O) groups excluding carboxylic acids is 6. The van der Waals surface area contributed by atoms with Gasteiger partial charge in [-0.3, -0.25) is 24.0 Å². The minimum atomic E-state index is -1.17. The first-order valence-electron chi connectivity index (χ1n) is 17.2. The monoisotopic (exact) mass is 669 g/mol. The van der Waals surface area contributed by atoms with Gasteiger partial charge in [-0.15, -0.1) is 0 Å². The predicted octanol–water partition coefficient (Wildman–Crippen LogP) is 2.39. The van der Waals surface area contributed by atoms with Crippen LogP contribution in [0.3, 0.4) is 0 Å². The van der Waals surface area contributed by atoms with E-state index in [0.717, 1.165) is 5.56 Å². The summed E-state index contributed by atoms with van der Waals surface area (Å²) in [6.45, 7) is 13.3. The van der Waals surface area contributed by atoms with Crippen LogP contribution in [0, 0.1) is 23.7 Å². The Morgan fingerprint density at radius 2 is 1.44 bits per heavy atom. The second-order valence-electron chi connectivity index (χ2n) is 14.4. The lowest BCUT2D eigenvalue weighted by Gasteiger charge is -2.39. The van der Waals surface area contributed by atoms with E-state index in [1.54, 1.807) is 0 Å². The molecule has 266 valence electrons. The van der Waals surface area contributed by atoms with Crippen LogP contribution in [0.5, 0.6) is 0 Å². The molecule has 0 bridgehead atoms. The molecule has 0 aliphatic carbocycles. The summed E-state index contributed by atoms with van der Waals surface area (Å²) in [4.78, 5) is 87.1. The largest absolute Gasteiger partial charge is 0.451 e. The number of benzene rings is 1. The summed E-state index contributed by atoms with van der Waals surface area (Å²) in [5, 5.41) is 5.68. The molecule has 2 fully saturated rings. The molecule has 48 heavy (non-hydrogen) atoms. The predicted molar refractivity (Wildman–Crippen MR) is 181 cm³/mol. The Bertz CT molecular complexity index is 1320. The average Bonchev–Trinajstić information content (AvgIpc) is 3.40. The van der Waals surface area contributed by atoms with E-state index < -0.39 is 59.9 Å². The highest BCUT2D eigenvalue weighted by Crippen LogP contribution is 2.28. The molecule has 12 nitrogen and oxygen atoms in total. The number of ether oxygens (including phenoxy) is 1. The summed E-state index contributed by atoms with van der Waals surface area (Å²) in [5.41, 5.74) is 0.821. The smallest absolute Gasteiger partial charge is 0.329 e. The second-order valence-corrected chi connectivity index (χ2v) is 14.4. The molecule has 12 heteroatoms. The van der Waals surface area contributed by atoms with Crippen LogP contribution >= 0.6 is 0 Å². The summed E-state index contributed by atoms with van der Waals surface area (Å²) in [6.07, 6.45) is -0.234. The molecule has 0 unspecified atom stereocenters. The number of hydrogen-bond donors (Lipinski definition) is 2. The summed E-state index contributed by atoms with van der Waals surface area (Å²) < 4.78 is 5.91. The molecule has 2 aliphatic heterocycles. The Morgan fingerprint density at radius 3 is 2.02 bits per heavy atom. The fraction of sp³-hybridized carbons (Fsp3) is 0.667.